The fourth-order valence-corrected chi connectivity index (χ4v) is 9.29. The first kappa shape index (κ1) is 72.9. The highest BCUT2D eigenvalue weighted by molar-refractivity contribution is 7.47. The molecule has 0 aromatic carbocycles. The summed E-state index contributed by atoms with van der Waals surface area (Å²) in [5, 5.41) is 9.81. The van der Waals surface area contributed by atoms with Crippen LogP contribution in [0.25, 0.3) is 0 Å². The molecule has 76 heavy (non-hydrogen) atoms. The molecule has 0 aromatic rings. The third-order valence-electron chi connectivity index (χ3n) is 13.2. The third-order valence-corrected chi connectivity index (χ3v) is 14.1. The number of phosphoric acid groups is 1. The second-order valence-corrected chi connectivity index (χ2v) is 22.0. The number of aliphatic hydroxyl groups is 1. The number of hydrogen-bond acceptors (Lipinski definition) is 10. The summed E-state index contributed by atoms with van der Waals surface area (Å²) in [4.78, 5) is 48.6. The summed E-state index contributed by atoms with van der Waals surface area (Å²) in [7, 11) is -4.76. The van der Waals surface area contributed by atoms with Crippen molar-refractivity contribution in [2.75, 3.05) is 26.4 Å². The average molecular weight is 1090 g/mol. The van der Waals surface area contributed by atoms with Gasteiger partial charge in [-0.2, -0.15) is 0 Å². The number of hydrogen-bond donors (Lipinski definition) is 2. The van der Waals surface area contributed by atoms with E-state index in [0.717, 1.165) is 77.0 Å². The van der Waals surface area contributed by atoms with Crippen LogP contribution in [0, 0.1) is 0 Å². The predicted molar refractivity (Wildman–Crippen MR) is 316 cm³/mol. The maximum atomic E-state index is 12.9. The third kappa shape index (κ3) is 55.7. The van der Waals surface area contributed by atoms with Gasteiger partial charge >= 0.3 is 25.7 Å². The van der Waals surface area contributed by atoms with Crippen molar-refractivity contribution < 1.29 is 52.2 Å². The molecule has 0 aromatic heterocycles. The van der Waals surface area contributed by atoms with Gasteiger partial charge in [-0.25, -0.2) is 4.57 Å². The van der Waals surface area contributed by atoms with Crippen molar-refractivity contribution in [1.82, 2.24) is 0 Å². The molecule has 0 aliphatic heterocycles. The van der Waals surface area contributed by atoms with E-state index in [1.807, 2.05) is 12.2 Å². The summed E-state index contributed by atoms with van der Waals surface area (Å²) < 4.78 is 39.5. The van der Waals surface area contributed by atoms with Gasteiger partial charge in [-0.1, -0.05) is 273 Å². The first-order chi connectivity index (χ1) is 37.2. The van der Waals surface area contributed by atoms with Gasteiger partial charge in [0.05, 0.1) is 19.8 Å². The molecule has 440 valence electrons. The Kier molecular flexibility index (Phi) is 55.7. The minimum Gasteiger partial charge on any atom is -0.462 e. The molecule has 0 amide bonds. The molecule has 0 saturated carbocycles. The zero-order valence-electron chi connectivity index (χ0n) is 48.7. The molecule has 0 spiro atoms. The molecule has 3 unspecified atom stereocenters. The van der Waals surface area contributed by atoms with Gasteiger partial charge in [0.2, 0.25) is 0 Å². The van der Waals surface area contributed by atoms with Gasteiger partial charge in [0.1, 0.15) is 12.7 Å². The average Bonchev–Trinajstić information content (AvgIpc) is 3.41. The van der Waals surface area contributed by atoms with Crippen molar-refractivity contribution in [2.45, 2.75) is 290 Å². The Morgan fingerprint density at radius 2 is 0.684 bits per heavy atom. The first-order valence-electron chi connectivity index (χ1n) is 30.8. The summed E-state index contributed by atoms with van der Waals surface area (Å²) in [6.45, 7) is 4.48. The SMILES string of the molecule is CC/C=C\C/C=C\C/C=C\C/C=C\C/C=C\C/C=C\CCC(=O)OCC(COP(=O)(O)OCC(CO)OC(=O)CCCCCCCCCCCCC)OC(=O)CCCCCCCCCCCCCCCCCCCCC. The molecule has 0 saturated heterocycles. The number of allylic oxidation sites excluding steroid dienone is 12. The number of unbranched alkanes of at least 4 members (excludes halogenated alkanes) is 28. The van der Waals surface area contributed by atoms with Gasteiger partial charge < -0.3 is 24.2 Å². The standard InChI is InChI=1S/C64H113O11P/c1-4-7-10-13-16-19-22-24-26-28-30-32-34-36-39-41-44-47-50-53-62(66)71-57-61(75-64(68)55-52-49-46-43-40-37-35-33-31-29-27-25-23-20-17-14-11-8-5-2)59-73-76(69,70)72-58-60(56-65)74-63(67)54-51-48-45-42-38-21-18-15-12-9-6-3/h7,10,16,19,24,26,30,32,36,39,44,47,60-61,65H,4-6,8-9,11-15,17-18,20-23,25,27-29,31,33-35,37-38,40-43,45-46,48-59H2,1-3H3,(H,69,70)/b10-7-,19-16-,26-24-,32-30-,39-36-,47-44-. The van der Waals surface area contributed by atoms with E-state index < -0.39 is 57.8 Å². The van der Waals surface area contributed by atoms with Crippen molar-refractivity contribution in [3.63, 3.8) is 0 Å². The Morgan fingerprint density at radius 3 is 1.03 bits per heavy atom. The van der Waals surface area contributed by atoms with Crippen LogP contribution < -0.4 is 0 Å². The van der Waals surface area contributed by atoms with Crippen molar-refractivity contribution in [3.8, 4) is 0 Å². The van der Waals surface area contributed by atoms with Crippen LogP contribution in [-0.2, 0) is 42.2 Å². The van der Waals surface area contributed by atoms with Crippen LogP contribution in [0.1, 0.15) is 278 Å². The zero-order valence-corrected chi connectivity index (χ0v) is 49.6. The second kappa shape index (κ2) is 58.1. The molecule has 0 aliphatic rings. The topological polar surface area (TPSA) is 155 Å². The Morgan fingerprint density at radius 1 is 0.382 bits per heavy atom. The fourth-order valence-electron chi connectivity index (χ4n) is 8.50. The minimum absolute atomic E-state index is 0.102. The highest BCUT2D eigenvalue weighted by Crippen LogP contribution is 2.43. The summed E-state index contributed by atoms with van der Waals surface area (Å²) in [5.74, 6) is -1.55. The van der Waals surface area contributed by atoms with Crippen LogP contribution >= 0.6 is 7.82 Å². The van der Waals surface area contributed by atoms with E-state index in [-0.39, 0.29) is 25.9 Å². The van der Waals surface area contributed by atoms with Crippen LogP contribution in [0.3, 0.4) is 0 Å². The summed E-state index contributed by atoms with van der Waals surface area (Å²) in [6.07, 6.45) is 65.9. The highest BCUT2D eigenvalue weighted by atomic mass is 31.2. The maximum Gasteiger partial charge on any atom is 0.472 e. The Labute approximate surface area is 465 Å². The summed E-state index contributed by atoms with van der Waals surface area (Å²) >= 11 is 0. The molecule has 2 N–H and O–H groups in total. The van der Waals surface area contributed by atoms with Gasteiger partial charge in [-0.3, -0.25) is 23.4 Å². The van der Waals surface area contributed by atoms with Crippen LogP contribution in [0.4, 0.5) is 0 Å². The number of rotatable bonds is 57. The smallest absolute Gasteiger partial charge is 0.462 e. The Balaban J connectivity index is 4.78. The van der Waals surface area contributed by atoms with E-state index in [4.69, 9.17) is 23.3 Å². The first-order valence-corrected chi connectivity index (χ1v) is 32.3. The van der Waals surface area contributed by atoms with E-state index in [0.29, 0.717) is 19.3 Å². The zero-order chi connectivity index (χ0) is 55.5. The van der Waals surface area contributed by atoms with Crippen LogP contribution in [-0.4, -0.2) is 66.5 Å². The highest BCUT2D eigenvalue weighted by Gasteiger charge is 2.28. The minimum atomic E-state index is -4.76. The van der Waals surface area contributed by atoms with Gasteiger partial charge in [0.25, 0.3) is 0 Å². The lowest BCUT2D eigenvalue weighted by molar-refractivity contribution is -0.161. The van der Waals surface area contributed by atoms with Crippen molar-refractivity contribution in [2.24, 2.45) is 0 Å². The van der Waals surface area contributed by atoms with E-state index in [2.05, 4.69) is 81.5 Å². The molecule has 0 rings (SSSR count). The molecular weight excluding hydrogens is 976 g/mol. The molecule has 0 aliphatic carbocycles. The number of phosphoric ester groups is 1. The monoisotopic (exact) mass is 1090 g/mol. The van der Waals surface area contributed by atoms with Gasteiger partial charge in [0.15, 0.2) is 6.10 Å². The Bertz CT molecular complexity index is 1550. The van der Waals surface area contributed by atoms with Crippen LogP contribution in [0.15, 0.2) is 72.9 Å². The van der Waals surface area contributed by atoms with Crippen LogP contribution in [0.5, 0.6) is 0 Å². The number of esters is 3. The summed E-state index contributed by atoms with van der Waals surface area (Å²) in [6, 6.07) is 0. The van der Waals surface area contributed by atoms with E-state index in [9.17, 15) is 28.9 Å². The van der Waals surface area contributed by atoms with E-state index in [1.54, 1.807) is 0 Å². The van der Waals surface area contributed by atoms with Crippen molar-refractivity contribution in [1.29, 1.82) is 0 Å². The summed E-state index contributed by atoms with van der Waals surface area (Å²) in [5.41, 5.74) is 0. The van der Waals surface area contributed by atoms with E-state index in [1.165, 1.54) is 141 Å². The van der Waals surface area contributed by atoms with Crippen molar-refractivity contribution >= 4 is 25.7 Å². The van der Waals surface area contributed by atoms with Crippen LogP contribution in [0.2, 0.25) is 0 Å². The fraction of sp³-hybridized carbons (Fsp3) is 0.766. The largest absolute Gasteiger partial charge is 0.472 e. The predicted octanol–water partition coefficient (Wildman–Crippen LogP) is 18.5. The molecular formula is C64H113O11P. The lowest BCUT2D eigenvalue weighted by atomic mass is 10.0. The molecule has 3 atom stereocenters. The number of aliphatic hydroxyl groups excluding tert-OH is 1. The molecule has 11 nitrogen and oxygen atoms in total. The number of carbonyl (C=O) groups is 3. The molecule has 0 heterocycles. The lowest BCUT2D eigenvalue weighted by Crippen LogP contribution is -2.30. The molecule has 0 fully saturated rings. The van der Waals surface area contributed by atoms with Gasteiger partial charge in [0, 0.05) is 19.3 Å². The Hall–Kier alpha value is -3.08. The molecule has 0 bridgehead atoms. The van der Waals surface area contributed by atoms with E-state index >= 15 is 0 Å². The maximum absolute atomic E-state index is 12.9. The normalized spacial score (nSPS) is 13.8. The lowest BCUT2D eigenvalue weighted by Gasteiger charge is -2.21. The number of carbonyl (C=O) groups excluding carboxylic acids is 3. The number of ether oxygens (including phenoxy) is 3. The molecule has 12 heteroatoms. The quantitative estimate of drug-likeness (QED) is 0.0197. The molecule has 0 radical (unpaired) electrons. The van der Waals surface area contributed by atoms with Gasteiger partial charge in [-0.05, 0) is 57.8 Å². The second-order valence-electron chi connectivity index (χ2n) is 20.5. The van der Waals surface area contributed by atoms with Gasteiger partial charge in [-0.15, -0.1) is 0 Å². The van der Waals surface area contributed by atoms with Crippen molar-refractivity contribution in [3.05, 3.63) is 72.9 Å².